The maximum Gasteiger partial charge on any atom is 0.186 e. The van der Waals surface area contributed by atoms with E-state index in [1.807, 2.05) is 12.1 Å². The Morgan fingerprint density at radius 3 is 2.36 bits per heavy atom. The smallest absolute Gasteiger partial charge is 0.186 e. The second-order valence-electron chi connectivity index (χ2n) is 5.19. The standard InChI is InChI=1S/C19H10FN3OS/c20-15-7-5-13(6-8-15)17-11-25-19(23-17)16(10-22)18(24)14-3-1-12(9-21)2-4-14/h1-8,11,16H/t16-/m1/s1. The van der Waals surface area contributed by atoms with Crippen LogP contribution in [-0.4, -0.2) is 10.8 Å². The van der Waals surface area contributed by atoms with Crippen molar-refractivity contribution < 1.29 is 9.18 Å². The first-order valence-corrected chi connectivity index (χ1v) is 8.15. The minimum absolute atomic E-state index is 0.343. The number of rotatable bonds is 4. The van der Waals surface area contributed by atoms with Gasteiger partial charge in [-0.15, -0.1) is 11.3 Å². The predicted molar refractivity (Wildman–Crippen MR) is 91.3 cm³/mol. The van der Waals surface area contributed by atoms with Gasteiger partial charge in [0.05, 0.1) is 23.4 Å². The summed E-state index contributed by atoms with van der Waals surface area (Å²) < 4.78 is 13.0. The van der Waals surface area contributed by atoms with E-state index in [4.69, 9.17) is 5.26 Å². The molecule has 0 saturated heterocycles. The van der Waals surface area contributed by atoms with Crippen molar-refractivity contribution in [2.45, 2.75) is 5.92 Å². The van der Waals surface area contributed by atoms with E-state index < -0.39 is 5.92 Å². The van der Waals surface area contributed by atoms with Crippen molar-refractivity contribution in [3.05, 3.63) is 75.9 Å². The quantitative estimate of drug-likeness (QED) is 0.659. The molecule has 3 rings (SSSR count). The highest BCUT2D eigenvalue weighted by atomic mass is 32.1. The van der Waals surface area contributed by atoms with E-state index in [2.05, 4.69) is 4.98 Å². The molecule has 0 aliphatic heterocycles. The molecule has 1 atom stereocenters. The molecule has 0 bridgehead atoms. The highest BCUT2D eigenvalue weighted by molar-refractivity contribution is 7.10. The Kier molecular flexibility index (Phi) is 4.65. The van der Waals surface area contributed by atoms with Crippen LogP contribution in [0.5, 0.6) is 0 Å². The zero-order chi connectivity index (χ0) is 17.8. The second-order valence-corrected chi connectivity index (χ2v) is 6.08. The van der Waals surface area contributed by atoms with Gasteiger partial charge in [-0.2, -0.15) is 10.5 Å². The Morgan fingerprint density at radius 2 is 1.76 bits per heavy atom. The summed E-state index contributed by atoms with van der Waals surface area (Å²) in [5.74, 6) is -1.73. The Hall–Kier alpha value is -3.35. The third kappa shape index (κ3) is 3.45. The first kappa shape index (κ1) is 16.5. The Bertz CT molecular complexity index is 995. The van der Waals surface area contributed by atoms with Crippen LogP contribution in [0.2, 0.25) is 0 Å². The van der Waals surface area contributed by atoms with Crippen LogP contribution >= 0.6 is 11.3 Å². The molecule has 4 nitrogen and oxygen atoms in total. The zero-order valence-corrected chi connectivity index (χ0v) is 13.6. The summed E-state index contributed by atoms with van der Waals surface area (Å²) in [6.07, 6.45) is 0. The van der Waals surface area contributed by atoms with Crippen molar-refractivity contribution in [2.24, 2.45) is 0 Å². The second kappa shape index (κ2) is 7.04. The predicted octanol–water partition coefficient (Wildman–Crippen LogP) is 4.31. The van der Waals surface area contributed by atoms with Gasteiger partial charge in [0.25, 0.3) is 0 Å². The van der Waals surface area contributed by atoms with Crippen molar-refractivity contribution in [1.29, 1.82) is 10.5 Å². The number of aromatic nitrogens is 1. The fourth-order valence-electron chi connectivity index (χ4n) is 2.28. The van der Waals surface area contributed by atoms with E-state index >= 15 is 0 Å². The largest absolute Gasteiger partial charge is 0.292 e. The lowest BCUT2D eigenvalue weighted by atomic mass is 9.98. The lowest BCUT2D eigenvalue weighted by molar-refractivity contribution is 0.0979. The summed E-state index contributed by atoms with van der Waals surface area (Å²) in [5, 5.41) is 20.4. The lowest BCUT2D eigenvalue weighted by Gasteiger charge is -2.05. The van der Waals surface area contributed by atoms with Gasteiger partial charge in [-0.3, -0.25) is 4.79 Å². The number of ketones is 1. The molecule has 0 aliphatic carbocycles. The molecule has 2 aromatic carbocycles. The van der Waals surface area contributed by atoms with Crippen molar-refractivity contribution in [3.63, 3.8) is 0 Å². The molecule has 0 amide bonds. The van der Waals surface area contributed by atoms with Gasteiger partial charge in [0, 0.05) is 16.5 Å². The monoisotopic (exact) mass is 347 g/mol. The lowest BCUT2D eigenvalue weighted by Crippen LogP contribution is -2.11. The molecule has 120 valence electrons. The van der Waals surface area contributed by atoms with Crippen LogP contribution in [-0.2, 0) is 0 Å². The van der Waals surface area contributed by atoms with Crippen LogP contribution in [0.25, 0.3) is 11.3 Å². The molecule has 0 spiro atoms. The molecule has 0 aliphatic rings. The summed E-state index contributed by atoms with van der Waals surface area (Å²) in [6, 6.07) is 16.0. The van der Waals surface area contributed by atoms with Crippen LogP contribution in [0.4, 0.5) is 4.39 Å². The maximum atomic E-state index is 13.0. The van der Waals surface area contributed by atoms with Gasteiger partial charge in [-0.05, 0) is 36.4 Å². The number of hydrogen-bond donors (Lipinski definition) is 0. The van der Waals surface area contributed by atoms with E-state index in [0.29, 0.717) is 27.4 Å². The summed E-state index contributed by atoms with van der Waals surface area (Å²) in [7, 11) is 0. The van der Waals surface area contributed by atoms with E-state index in [0.717, 1.165) is 0 Å². The average molecular weight is 347 g/mol. The van der Waals surface area contributed by atoms with Crippen LogP contribution < -0.4 is 0 Å². The van der Waals surface area contributed by atoms with Crippen molar-refractivity contribution in [3.8, 4) is 23.4 Å². The fraction of sp³-hybridized carbons (Fsp3) is 0.0526. The molecule has 25 heavy (non-hydrogen) atoms. The van der Waals surface area contributed by atoms with E-state index in [-0.39, 0.29) is 11.6 Å². The minimum Gasteiger partial charge on any atom is -0.292 e. The Balaban J connectivity index is 1.88. The Morgan fingerprint density at radius 1 is 1.08 bits per heavy atom. The van der Waals surface area contributed by atoms with Gasteiger partial charge in [0.15, 0.2) is 11.7 Å². The summed E-state index contributed by atoms with van der Waals surface area (Å²) in [5.41, 5.74) is 2.10. The number of thiazole rings is 1. The molecule has 6 heteroatoms. The highest BCUT2D eigenvalue weighted by Gasteiger charge is 2.25. The Labute approximate surface area is 147 Å². The molecule has 1 heterocycles. The van der Waals surface area contributed by atoms with Crippen molar-refractivity contribution in [1.82, 2.24) is 4.98 Å². The zero-order valence-electron chi connectivity index (χ0n) is 12.8. The molecule has 0 fully saturated rings. The topological polar surface area (TPSA) is 77.5 Å². The molecule has 0 unspecified atom stereocenters. The van der Waals surface area contributed by atoms with E-state index in [9.17, 15) is 14.4 Å². The number of halogens is 1. The SMILES string of the molecule is N#Cc1ccc(C(=O)[C@@H](C#N)c2nc(-c3ccc(F)cc3)cs2)cc1. The third-order valence-corrected chi connectivity index (χ3v) is 4.51. The normalized spacial score (nSPS) is 11.3. The molecule has 3 aromatic rings. The van der Waals surface area contributed by atoms with Crippen molar-refractivity contribution >= 4 is 17.1 Å². The summed E-state index contributed by atoms with van der Waals surface area (Å²) in [6.45, 7) is 0. The number of Topliss-reactive ketones (excluding diaryl/α,β-unsaturated/α-hetero) is 1. The maximum absolute atomic E-state index is 13.0. The molecular formula is C19H10FN3OS. The number of nitriles is 2. The number of nitrogens with zero attached hydrogens (tertiary/aromatic N) is 3. The highest BCUT2D eigenvalue weighted by Crippen LogP contribution is 2.28. The third-order valence-electron chi connectivity index (χ3n) is 3.60. The number of carbonyl (C=O) groups is 1. The molecule has 0 radical (unpaired) electrons. The van der Waals surface area contributed by atoms with Gasteiger partial charge >= 0.3 is 0 Å². The first-order valence-electron chi connectivity index (χ1n) is 7.27. The van der Waals surface area contributed by atoms with Crippen LogP contribution in [0.15, 0.2) is 53.9 Å². The van der Waals surface area contributed by atoms with E-state index in [1.165, 1.54) is 47.7 Å². The van der Waals surface area contributed by atoms with Gasteiger partial charge in [-0.1, -0.05) is 12.1 Å². The number of hydrogen-bond acceptors (Lipinski definition) is 5. The van der Waals surface area contributed by atoms with Gasteiger partial charge in [0.1, 0.15) is 10.8 Å². The van der Waals surface area contributed by atoms with Crippen molar-refractivity contribution in [2.75, 3.05) is 0 Å². The first-order chi connectivity index (χ1) is 12.1. The van der Waals surface area contributed by atoms with E-state index in [1.54, 1.807) is 17.5 Å². The van der Waals surface area contributed by atoms with Crippen LogP contribution in [0.3, 0.4) is 0 Å². The van der Waals surface area contributed by atoms with Gasteiger partial charge in [-0.25, -0.2) is 9.37 Å². The molecular weight excluding hydrogens is 337 g/mol. The minimum atomic E-state index is -1.02. The number of carbonyl (C=O) groups excluding carboxylic acids is 1. The van der Waals surface area contributed by atoms with Crippen LogP contribution in [0, 0.1) is 28.5 Å². The van der Waals surface area contributed by atoms with Gasteiger partial charge < -0.3 is 0 Å². The molecule has 1 aromatic heterocycles. The molecule has 0 saturated carbocycles. The van der Waals surface area contributed by atoms with Crippen LogP contribution in [0.1, 0.15) is 26.8 Å². The average Bonchev–Trinajstić information content (AvgIpc) is 3.12. The number of benzene rings is 2. The molecule has 0 N–H and O–H groups in total. The summed E-state index contributed by atoms with van der Waals surface area (Å²) in [4.78, 5) is 16.9. The van der Waals surface area contributed by atoms with Gasteiger partial charge in [0.2, 0.25) is 0 Å². The summed E-state index contributed by atoms with van der Waals surface area (Å²) >= 11 is 1.21. The fourth-order valence-corrected chi connectivity index (χ4v) is 3.14.